The number of hydrogen-bond acceptors (Lipinski definition) is 7. The van der Waals surface area contributed by atoms with Gasteiger partial charge in [-0.05, 0) is 74.1 Å². The van der Waals surface area contributed by atoms with Crippen LogP contribution in [0.2, 0.25) is 0 Å². The highest BCUT2D eigenvalue weighted by molar-refractivity contribution is 6.02. The third-order valence-corrected chi connectivity index (χ3v) is 7.38. The van der Waals surface area contributed by atoms with Gasteiger partial charge in [-0.1, -0.05) is 36.4 Å². The van der Waals surface area contributed by atoms with Crippen molar-refractivity contribution >= 4 is 17.5 Å². The van der Waals surface area contributed by atoms with Crippen LogP contribution in [-0.4, -0.2) is 56.9 Å². The lowest BCUT2D eigenvalue weighted by Gasteiger charge is -2.27. The van der Waals surface area contributed by atoms with E-state index < -0.39 is 0 Å². The molecule has 1 aliphatic heterocycles. The fourth-order valence-corrected chi connectivity index (χ4v) is 5.44. The Morgan fingerprint density at radius 1 is 0.974 bits per heavy atom. The summed E-state index contributed by atoms with van der Waals surface area (Å²) in [5.41, 5.74) is 6.77. The second-order valence-corrected chi connectivity index (χ2v) is 9.91. The maximum absolute atomic E-state index is 12.4. The number of hydrogen-bond donors (Lipinski definition) is 2. The quantitative estimate of drug-likeness (QED) is 0.333. The smallest absolute Gasteiger partial charge is 0.275 e. The summed E-state index contributed by atoms with van der Waals surface area (Å²) >= 11 is 0. The molecule has 192 valence electrons. The van der Waals surface area contributed by atoms with E-state index in [1.807, 2.05) is 18.3 Å². The molecule has 38 heavy (non-hydrogen) atoms. The standard InChI is InChI=1S/C30H31N7O/c38-29(27-20-31-13-14-32-27)35-23-10-8-21(9-11-23)26-18-22-19-34-30(33-12-5-17-37-15-3-4-16-37)36-28(22)25-7-2-1-6-24(25)26/h1-2,6-11,13-14,19-20,26H,3-5,12,15-18H2,(H,35,38)(H,33,34,36). The van der Waals surface area contributed by atoms with Gasteiger partial charge in [0.1, 0.15) is 5.69 Å². The summed E-state index contributed by atoms with van der Waals surface area (Å²) in [5, 5.41) is 6.33. The molecule has 8 heteroatoms. The van der Waals surface area contributed by atoms with E-state index in [0.29, 0.717) is 5.95 Å². The Kier molecular flexibility index (Phi) is 7.04. The molecule has 0 radical (unpaired) electrons. The fourth-order valence-electron chi connectivity index (χ4n) is 5.44. The summed E-state index contributed by atoms with van der Waals surface area (Å²) in [6.07, 6.45) is 11.1. The summed E-state index contributed by atoms with van der Waals surface area (Å²) in [5.74, 6) is 0.605. The fraction of sp³-hybridized carbons (Fsp3) is 0.300. The van der Waals surface area contributed by atoms with Crippen LogP contribution in [0, 0.1) is 0 Å². The topological polar surface area (TPSA) is 95.9 Å². The summed E-state index contributed by atoms with van der Waals surface area (Å²) in [7, 11) is 0. The summed E-state index contributed by atoms with van der Waals surface area (Å²) < 4.78 is 0. The van der Waals surface area contributed by atoms with E-state index in [2.05, 4.69) is 66.9 Å². The van der Waals surface area contributed by atoms with Gasteiger partial charge in [-0.3, -0.25) is 9.78 Å². The number of carbonyl (C=O) groups excluding carboxylic acids is 1. The minimum Gasteiger partial charge on any atom is -0.354 e. The second kappa shape index (κ2) is 11.1. The van der Waals surface area contributed by atoms with E-state index in [4.69, 9.17) is 4.98 Å². The molecule has 1 atom stereocenters. The van der Waals surface area contributed by atoms with E-state index in [1.165, 1.54) is 49.5 Å². The molecule has 4 aromatic rings. The molecular weight excluding hydrogens is 474 g/mol. The number of amides is 1. The number of carbonyl (C=O) groups is 1. The zero-order chi connectivity index (χ0) is 25.7. The zero-order valence-corrected chi connectivity index (χ0v) is 21.3. The van der Waals surface area contributed by atoms with Crippen molar-refractivity contribution in [3.05, 3.63) is 95.7 Å². The highest BCUT2D eigenvalue weighted by Crippen LogP contribution is 2.42. The van der Waals surface area contributed by atoms with Gasteiger partial charge in [0.25, 0.3) is 5.91 Å². The lowest BCUT2D eigenvalue weighted by atomic mass is 9.78. The molecule has 8 nitrogen and oxygen atoms in total. The number of likely N-dealkylation sites (tertiary alicyclic amines) is 1. The van der Waals surface area contributed by atoms with Crippen molar-refractivity contribution in [2.24, 2.45) is 0 Å². The molecule has 2 N–H and O–H groups in total. The molecule has 1 amide bonds. The van der Waals surface area contributed by atoms with E-state index in [0.717, 1.165) is 48.4 Å². The number of nitrogens with zero attached hydrogens (tertiary/aromatic N) is 5. The molecular formula is C30H31N7O. The van der Waals surface area contributed by atoms with Crippen molar-refractivity contribution in [3.8, 4) is 11.3 Å². The Morgan fingerprint density at radius 2 is 1.82 bits per heavy atom. The SMILES string of the molecule is O=C(Nc1ccc(C2Cc3cnc(NCCCN4CCCC4)nc3-c3ccccc32)cc1)c1cnccn1. The van der Waals surface area contributed by atoms with Crippen molar-refractivity contribution in [2.45, 2.75) is 31.6 Å². The molecule has 2 aromatic heterocycles. The second-order valence-electron chi connectivity index (χ2n) is 9.91. The van der Waals surface area contributed by atoms with Crippen LogP contribution in [-0.2, 0) is 6.42 Å². The average molecular weight is 506 g/mol. The van der Waals surface area contributed by atoms with Crippen LogP contribution < -0.4 is 10.6 Å². The van der Waals surface area contributed by atoms with Crippen molar-refractivity contribution in [1.82, 2.24) is 24.8 Å². The minimum atomic E-state index is -0.277. The van der Waals surface area contributed by atoms with Gasteiger partial charge < -0.3 is 15.5 Å². The van der Waals surface area contributed by atoms with Gasteiger partial charge in [0.05, 0.1) is 11.9 Å². The average Bonchev–Trinajstić information content (AvgIpc) is 3.50. The molecule has 6 rings (SSSR count). The van der Waals surface area contributed by atoms with Crippen LogP contribution in [0.1, 0.15) is 52.4 Å². The molecule has 0 saturated carbocycles. The first-order valence-electron chi connectivity index (χ1n) is 13.3. The molecule has 1 saturated heterocycles. The molecule has 0 bridgehead atoms. The van der Waals surface area contributed by atoms with Crippen molar-refractivity contribution < 1.29 is 4.79 Å². The monoisotopic (exact) mass is 505 g/mol. The van der Waals surface area contributed by atoms with Gasteiger partial charge in [0.15, 0.2) is 0 Å². The molecule has 1 unspecified atom stereocenters. The summed E-state index contributed by atoms with van der Waals surface area (Å²) in [6, 6.07) is 16.5. The number of fused-ring (bicyclic) bond motifs is 3. The lowest BCUT2D eigenvalue weighted by molar-refractivity contribution is 0.102. The summed E-state index contributed by atoms with van der Waals surface area (Å²) in [4.78, 5) is 32.6. The zero-order valence-electron chi connectivity index (χ0n) is 21.3. The Hall–Kier alpha value is -4.17. The first-order valence-corrected chi connectivity index (χ1v) is 13.3. The predicted octanol–water partition coefficient (Wildman–Crippen LogP) is 4.77. The minimum absolute atomic E-state index is 0.186. The first-order chi connectivity index (χ1) is 18.7. The van der Waals surface area contributed by atoms with E-state index in [1.54, 1.807) is 6.20 Å². The highest BCUT2D eigenvalue weighted by Gasteiger charge is 2.27. The van der Waals surface area contributed by atoms with Gasteiger partial charge in [0, 0.05) is 42.3 Å². The van der Waals surface area contributed by atoms with Gasteiger partial charge in [-0.15, -0.1) is 0 Å². The maximum Gasteiger partial charge on any atom is 0.275 e. The van der Waals surface area contributed by atoms with Crippen molar-refractivity contribution in [1.29, 1.82) is 0 Å². The normalized spacial score (nSPS) is 16.5. The number of rotatable bonds is 8. The molecule has 2 aliphatic rings. The number of aromatic nitrogens is 4. The van der Waals surface area contributed by atoms with E-state index in [-0.39, 0.29) is 17.5 Å². The van der Waals surface area contributed by atoms with Crippen molar-refractivity contribution in [3.63, 3.8) is 0 Å². The Balaban J connectivity index is 1.16. The molecule has 1 fully saturated rings. The largest absolute Gasteiger partial charge is 0.354 e. The predicted molar refractivity (Wildman–Crippen MR) is 148 cm³/mol. The Bertz CT molecular complexity index is 1400. The Morgan fingerprint density at radius 3 is 2.63 bits per heavy atom. The van der Waals surface area contributed by atoms with Crippen molar-refractivity contribution in [2.75, 3.05) is 36.8 Å². The van der Waals surface area contributed by atoms with Gasteiger partial charge in [-0.2, -0.15) is 0 Å². The van der Waals surface area contributed by atoms with Crippen LogP contribution in [0.5, 0.6) is 0 Å². The molecule has 0 spiro atoms. The van der Waals surface area contributed by atoms with Crippen LogP contribution in [0.25, 0.3) is 11.3 Å². The number of benzene rings is 2. The van der Waals surface area contributed by atoms with Crippen LogP contribution in [0.15, 0.2) is 73.3 Å². The number of anilines is 2. The first kappa shape index (κ1) is 24.2. The van der Waals surface area contributed by atoms with Crippen LogP contribution >= 0.6 is 0 Å². The third kappa shape index (κ3) is 5.26. The van der Waals surface area contributed by atoms with Gasteiger partial charge >= 0.3 is 0 Å². The Labute approximate surface area is 222 Å². The van der Waals surface area contributed by atoms with Gasteiger partial charge in [-0.25, -0.2) is 15.0 Å². The van der Waals surface area contributed by atoms with Crippen LogP contribution in [0.4, 0.5) is 11.6 Å². The summed E-state index contributed by atoms with van der Waals surface area (Å²) in [6.45, 7) is 4.46. The van der Waals surface area contributed by atoms with E-state index in [9.17, 15) is 4.79 Å². The third-order valence-electron chi connectivity index (χ3n) is 7.38. The maximum atomic E-state index is 12.4. The molecule has 1 aliphatic carbocycles. The van der Waals surface area contributed by atoms with Gasteiger partial charge in [0.2, 0.25) is 5.95 Å². The van der Waals surface area contributed by atoms with Crippen LogP contribution in [0.3, 0.4) is 0 Å². The molecule has 3 heterocycles. The lowest BCUT2D eigenvalue weighted by Crippen LogP contribution is -2.22. The molecule has 2 aromatic carbocycles. The number of nitrogens with one attached hydrogen (secondary N) is 2. The van der Waals surface area contributed by atoms with E-state index >= 15 is 0 Å². The highest BCUT2D eigenvalue weighted by atomic mass is 16.1.